The first kappa shape index (κ1) is 13.2. The van der Waals surface area contributed by atoms with Gasteiger partial charge in [0.15, 0.2) is 5.16 Å². The van der Waals surface area contributed by atoms with Gasteiger partial charge < -0.3 is 5.11 Å². The molecule has 6 nitrogen and oxygen atoms in total. The minimum atomic E-state index is -0.920. The summed E-state index contributed by atoms with van der Waals surface area (Å²) in [7, 11) is 0. The van der Waals surface area contributed by atoms with E-state index in [2.05, 4.69) is 10.2 Å². The van der Waals surface area contributed by atoms with Gasteiger partial charge in [-0.15, -0.1) is 5.10 Å². The predicted molar refractivity (Wildman–Crippen MR) is 64.2 cm³/mol. The van der Waals surface area contributed by atoms with Crippen LogP contribution >= 0.6 is 23.5 Å². The molecule has 0 aromatic carbocycles. The molecular formula is C8H13N3O3S2. The summed E-state index contributed by atoms with van der Waals surface area (Å²) in [6.07, 6.45) is 2.86. The van der Waals surface area contributed by atoms with Crippen LogP contribution in [0.25, 0.3) is 0 Å². The van der Waals surface area contributed by atoms with Crippen LogP contribution in [0.15, 0.2) is 9.95 Å². The zero-order valence-corrected chi connectivity index (χ0v) is 10.4. The molecule has 0 radical (unpaired) electrons. The summed E-state index contributed by atoms with van der Waals surface area (Å²) in [6, 6.07) is 0. The van der Waals surface area contributed by atoms with Crippen molar-refractivity contribution in [3.63, 3.8) is 0 Å². The molecule has 2 N–H and O–H groups in total. The second-order valence-electron chi connectivity index (χ2n) is 2.99. The Kier molecular flexibility index (Phi) is 5.47. The van der Waals surface area contributed by atoms with E-state index < -0.39 is 5.97 Å². The van der Waals surface area contributed by atoms with Gasteiger partial charge in [0, 0.05) is 6.54 Å². The average molecular weight is 263 g/mol. The third kappa shape index (κ3) is 3.93. The lowest BCUT2D eigenvalue weighted by molar-refractivity contribution is -0.133. The van der Waals surface area contributed by atoms with Crippen LogP contribution in [0.5, 0.6) is 0 Å². The average Bonchev–Trinajstić information content (AvgIpc) is 2.58. The Morgan fingerprint density at radius 2 is 2.38 bits per heavy atom. The van der Waals surface area contributed by atoms with E-state index in [1.54, 1.807) is 11.8 Å². The van der Waals surface area contributed by atoms with E-state index in [-0.39, 0.29) is 11.4 Å². The fraction of sp³-hybridized carbons (Fsp3) is 0.625. The summed E-state index contributed by atoms with van der Waals surface area (Å²) in [6.45, 7) is 0.568. The Labute approximate surface area is 101 Å². The molecule has 90 valence electrons. The standard InChI is InChI=1S/C8H13N3O3S2/c1-15-4-2-3-11-7(14)9-10-8(11)16-5-6(12)13/h2-5H2,1H3,(H,9,14)(H,12,13). The van der Waals surface area contributed by atoms with Crippen molar-refractivity contribution in [2.24, 2.45) is 0 Å². The van der Waals surface area contributed by atoms with Crippen LogP contribution < -0.4 is 5.69 Å². The molecule has 0 saturated carbocycles. The Morgan fingerprint density at radius 3 is 3.00 bits per heavy atom. The highest BCUT2D eigenvalue weighted by Gasteiger charge is 2.10. The van der Waals surface area contributed by atoms with Gasteiger partial charge in [-0.2, -0.15) is 11.8 Å². The minimum absolute atomic E-state index is 0.0905. The molecule has 8 heteroatoms. The van der Waals surface area contributed by atoms with E-state index in [1.807, 2.05) is 6.26 Å². The van der Waals surface area contributed by atoms with Crippen molar-refractivity contribution < 1.29 is 9.90 Å². The summed E-state index contributed by atoms with van der Waals surface area (Å²) in [5.41, 5.74) is -0.283. The van der Waals surface area contributed by atoms with Gasteiger partial charge in [0.25, 0.3) is 0 Å². The van der Waals surface area contributed by atoms with Crippen LogP contribution in [0.4, 0.5) is 0 Å². The maximum atomic E-state index is 11.4. The van der Waals surface area contributed by atoms with Crippen molar-refractivity contribution in [3.05, 3.63) is 10.5 Å². The van der Waals surface area contributed by atoms with Crippen LogP contribution in [0, 0.1) is 0 Å². The lowest BCUT2D eigenvalue weighted by Gasteiger charge is -2.03. The molecule has 0 fully saturated rings. The van der Waals surface area contributed by atoms with Crippen molar-refractivity contribution in [3.8, 4) is 0 Å². The second-order valence-corrected chi connectivity index (χ2v) is 4.92. The SMILES string of the molecule is CSCCCn1c(SCC(=O)O)n[nH]c1=O. The zero-order chi connectivity index (χ0) is 12.0. The molecule has 1 heterocycles. The lowest BCUT2D eigenvalue weighted by Crippen LogP contribution is -2.18. The van der Waals surface area contributed by atoms with E-state index in [0.29, 0.717) is 11.7 Å². The molecule has 0 aliphatic carbocycles. The number of rotatable bonds is 7. The topological polar surface area (TPSA) is 88.0 Å². The maximum Gasteiger partial charge on any atom is 0.343 e. The van der Waals surface area contributed by atoms with Crippen molar-refractivity contribution in [1.29, 1.82) is 0 Å². The number of hydrogen-bond acceptors (Lipinski definition) is 5. The number of hydrogen-bond donors (Lipinski definition) is 2. The Morgan fingerprint density at radius 1 is 1.62 bits per heavy atom. The fourth-order valence-corrected chi connectivity index (χ4v) is 2.21. The number of aromatic nitrogens is 3. The number of carbonyl (C=O) groups is 1. The molecular weight excluding hydrogens is 250 g/mol. The monoisotopic (exact) mass is 263 g/mol. The highest BCUT2D eigenvalue weighted by Crippen LogP contribution is 2.13. The van der Waals surface area contributed by atoms with Gasteiger partial charge in [0.2, 0.25) is 0 Å². The van der Waals surface area contributed by atoms with Crippen molar-refractivity contribution in [2.75, 3.05) is 17.8 Å². The molecule has 0 spiro atoms. The van der Waals surface area contributed by atoms with E-state index in [1.165, 1.54) is 4.57 Å². The first-order chi connectivity index (χ1) is 7.65. The molecule has 16 heavy (non-hydrogen) atoms. The van der Waals surface area contributed by atoms with Gasteiger partial charge in [-0.3, -0.25) is 9.36 Å². The third-order valence-corrected chi connectivity index (χ3v) is 3.44. The summed E-state index contributed by atoms with van der Waals surface area (Å²) >= 11 is 2.75. The molecule has 0 amide bonds. The van der Waals surface area contributed by atoms with Gasteiger partial charge in [-0.25, -0.2) is 9.89 Å². The molecule has 1 aromatic rings. The lowest BCUT2D eigenvalue weighted by atomic mass is 10.5. The van der Waals surface area contributed by atoms with Gasteiger partial charge in [-0.1, -0.05) is 11.8 Å². The number of carboxylic acids is 1. The van der Waals surface area contributed by atoms with Crippen LogP contribution in [0.3, 0.4) is 0 Å². The molecule has 0 bridgehead atoms. The second kappa shape index (κ2) is 6.64. The van der Waals surface area contributed by atoms with Crippen molar-refractivity contribution >= 4 is 29.5 Å². The highest BCUT2D eigenvalue weighted by atomic mass is 32.2. The van der Waals surface area contributed by atoms with E-state index >= 15 is 0 Å². The smallest absolute Gasteiger partial charge is 0.343 e. The zero-order valence-electron chi connectivity index (χ0n) is 8.80. The summed E-state index contributed by atoms with van der Waals surface area (Å²) in [5, 5.41) is 15.1. The highest BCUT2D eigenvalue weighted by molar-refractivity contribution is 7.99. The first-order valence-electron chi connectivity index (χ1n) is 4.64. The third-order valence-electron chi connectivity index (χ3n) is 1.78. The molecule has 1 aromatic heterocycles. The largest absolute Gasteiger partial charge is 0.481 e. The minimum Gasteiger partial charge on any atom is -0.481 e. The molecule has 0 unspecified atom stereocenters. The van der Waals surface area contributed by atoms with Crippen LogP contribution in [0.2, 0.25) is 0 Å². The molecule has 1 rings (SSSR count). The predicted octanol–water partition coefficient (Wildman–Crippen LogP) is 0.501. The molecule has 0 atom stereocenters. The summed E-state index contributed by atoms with van der Waals surface area (Å²) in [4.78, 5) is 21.8. The van der Waals surface area contributed by atoms with E-state index in [0.717, 1.165) is 23.9 Å². The number of H-pyrrole nitrogens is 1. The van der Waals surface area contributed by atoms with E-state index in [4.69, 9.17) is 5.11 Å². The Balaban J connectivity index is 2.62. The van der Waals surface area contributed by atoms with Gasteiger partial charge in [-0.05, 0) is 18.4 Å². The summed E-state index contributed by atoms with van der Waals surface area (Å²) in [5.74, 6) is -0.0517. The number of carboxylic acid groups (broad SMARTS) is 1. The number of aliphatic carboxylic acids is 1. The van der Waals surface area contributed by atoms with Crippen LogP contribution in [-0.4, -0.2) is 43.6 Å². The quantitative estimate of drug-likeness (QED) is 0.550. The molecule has 0 aliphatic heterocycles. The van der Waals surface area contributed by atoms with Gasteiger partial charge in [0.05, 0.1) is 5.75 Å². The normalized spacial score (nSPS) is 10.6. The Hall–Kier alpha value is -0.890. The number of nitrogens with one attached hydrogen (secondary N) is 1. The Bertz CT molecular complexity index is 401. The van der Waals surface area contributed by atoms with Crippen LogP contribution in [0.1, 0.15) is 6.42 Å². The van der Waals surface area contributed by atoms with Gasteiger partial charge >= 0.3 is 11.7 Å². The maximum absolute atomic E-state index is 11.4. The molecule has 0 saturated heterocycles. The van der Waals surface area contributed by atoms with Gasteiger partial charge in [0.1, 0.15) is 0 Å². The summed E-state index contributed by atoms with van der Waals surface area (Å²) < 4.78 is 1.48. The number of aromatic amines is 1. The van der Waals surface area contributed by atoms with Crippen LogP contribution in [-0.2, 0) is 11.3 Å². The number of thioether (sulfide) groups is 2. The van der Waals surface area contributed by atoms with Crippen molar-refractivity contribution in [1.82, 2.24) is 14.8 Å². The first-order valence-corrected chi connectivity index (χ1v) is 7.02. The van der Waals surface area contributed by atoms with Crippen molar-refractivity contribution in [2.45, 2.75) is 18.1 Å². The number of nitrogens with zero attached hydrogens (tertiary/aromatic N) is 2. The van der Waals surface area contributed by atoms with E-state index in [9.17, 15) is 9.59 Å². The fourth-order valence-electron chi connectivity index (χ4n) is 1.10. The molecule has 0 aliphatic rings.